The van der Waals surface area contributed by atoms with Gasteiger partial charge in [-0.2, -0.15) is 0 Å². The summed E-state index contributed by atoms with van der Waals surface area (Å²) < 4.78 is 0. The molecule has 160 valence electrons. The van der Waals surface area contributed by atoms with Gasteiger partial charge in [0, 0.05) is 31.3 Å². The van der Waals surface area contributed by atoms with Gasteiger partial charge in [0.05, 0.1) is 16.7 Å². The van der Waals surface area contributed by atoms with Crippen LogP contribution in [0.2, 0.25) is 0 Å². The molecule has 2 aromatic carbocycles. The predicted octanol–water partition coefficient (Wildman–Crippen LogP) is 3.03. The Bertz CT molecular complexity index is 1090. The van der Waals surface area contributed by atoms with E-state index in [-0.39, 0.29) is 12.1 Å². The third-order valence-electron chi connectivity index (χ3n) is 6.15. The fraction of sp³-hybridized carbons (Fsp3) is 0.318. The van der Waals surface area contributed by atoms with Crippen LogP contribution in [0.4, 0.5) is 21.9 Å². The van der Waals surface area contributed by atoms with Crippen molar-refractivity contribution in [3.05, 3.63) is 64.2 Å². The van der Waals surface area contributed by atoms with Crippen LogP contribution >= 0.6 is 0 Å². The third-order valence-corrected chi connectivity index (χ3v) is 6.15. The molecule has 2 atom stereocenters. The number of hydrogen-bond donors (Lipinski definition) is 1. The number of carbonyl (C=O) groups excluding carboxylic acids is 3. The predicted molar refractivity (Wildman–Crippen MR) is 114 cm³/mol. The molecule has 1 fully saturated rings. The molecule has 9 nitrogen and oxygen atoms in total. The van der Waals surface area contributed by atoms with Gasteiger partial charge in [-0.3, -0.25) is 25.0 Å². The normalized spacial score (nSPS) is 23.0. The number of imide groups is 2. The highest BCUT2D eigenvalue weighted by atomic mass is 16.6. The van der Waals surface area contributed by atoms with Crippen molar-refractivity contribution >= 4 is 34.9 Å². The van der Waals surface area contributed by atoms with Crippen molar-refractivity contribution in [2.45, 2.75) is 32.2 Å². The van der Waals surface area contributed by atoms with E-state index in [1.54, 1.807) is 43.4 Å². The Kier molecular flexibility index (Phi) is 4.96. The van der Waals surface area contributed by atoms with Crippen molar-refractivity contribution in [3.63, 3.8) is 0 Å². The van der Waals surface area contributed by atoms with Gasteiger partial charge in [-0.15, -0.1) is 0 Å². The quantitative estimate of drug-likeness (QED) is 0.460. The lowest BCUT2D eigenvalue weighted by molar-refractivity contribution is -0.384. The number of nitro groups is 1. The number of barbiturate groups is 1. The first kappa shape index (κ1) is 20.5. The number of rotatable bonds is 4. The molecule has 0 bridgehead atoms. The maximum absolute atomic E-state index is 13.9. The Balaban J connectivity index is 1.89. The SMILES string of the molecule is CCCC1N(C)c2ccc([N+](=O)[O-])cc2CC12C(=O)NC(=O)N(c1ccccc1)C2=O. The molecule has 0 radical (unpaired) electrons. The van der Waals surface area contributed by atoms with Gasteiger partial charge in [0.25, 0.3) is 11.6 Å². The van der Waals surface area contributed by atoms with Crippen LogP contribution in [0, 0.1) is 15.5 Å². The van der Waals surface area contributed by atoms with Crippen molar-refractivity contribution < 1.29 is 19.3 Å². The highest BCUT2D eigenvalue weighted by molar-refractivity contribution is 6.30. The molecule has 2 aliphatic rings. The van der Waals surface area contributed by atoms with Gasteiger partial charge >= 0.3 is 6.03 Å². The number of hydrogen-bond acceptors (Lipinski definition) is 6. The van der Waals surface area contributed by atoms with Crippen LogP contribution in [0.25, 0.3) is 0 Å². The summed E-state index contributed by atoms with van der Waals surface area (Å²) in [6, 6.07) is 11.6. The number of fused-ring (bicyclic) bond motifs is 1. The average Bonchev–Trinajstić information content (AvgIpc) is 2.75. The summed E-state index contributed by atoms with van der Waals surface area (Å²) in [6.45, 7) is 1.96. The average molecular weight is 422 g/mol. The van der Waals surface area contributed by atoms with E-state index < -0.39 is 34.2 Å². The summed E-state index contributed by atoms with van der Waals surface area (Å²) in [4.78, 5) is 53.4. The van der Waals surface area contributed by atoms with Crippen molar-refractivity contribution in [3.8, 4) is 0 Å². The largest absolute Gasteiger partial charge is 0.370 e. The lowest BCUT2D eigenvalue weighted by atomic mass is 9.67. The molecule has 1 spiro atoms. The first-order valence-corrected chi connectivity index (χ1v) is 10.1. The summed E-state index contributed by atoms with van der Waals surface area (Å²) in [5, 5.41) is 13.7. The highest BCUT2D eigenvalue weighted by Gasteiger charge is 2.61. The van der Waals surface area contributed by atoms with Crippen LogP contribution < -0.4 is 15.1 Å². The lowest BCUT2D eigenvalue weighted by Gasteiger charge is -2.50. The minimum absolute atomic E-state index is 0.0275. The Morgan fingerprint density at radius 1 is 1.16 bits per heavy atom. The zero-order chi connectivity index (χ0) is 22.3. The Morgan fingerprint density at radius 2 is 1.87 bits per heavy atom. The second-order valence-electron chi connectivity index (χ2n) is 7.87. The van der Waals surface area contributed by atoms with Gasteiger partial charge in [0.2, 0.25) is 5.91 Å². The molecule has 4 rings (SSSR count). The number of benzene rings is 2. The van der Waals surface area contributed by atoms with Gasteiger partial charge in [0.1, 0.15) is 0 Å². The first-order chi connectivity index (χ1) is 14.8. The molecule has 0 aromatic heterocycles. The number of non-ortho nitro benzene ring substituents is 1. The number of nitrogens with zero attached hydrogens (tertiary/aromatic N) is 3. The number of anilines is 2. The van der Waals surface area contributed by atoms with Crippen LogP contribution in [0.3, 0.4) is 0 Å². The summed E-state index contributed by atoms with van der Waals surface area (Å²) in [7, 11) is 1.77. The van der Waals surface area contributed by atoms with Gasteiger partial charge < -0.3 is 4.90 Å². The molecule has 0 saturated carbocycles. The maximum atomic E-state index is 13.9. The van der Waals surface area contributed by atoms with E-state index in [2.05, 4.69) is 5.32 Å². The monoisotopic (exact) mass is 422 g/mol. The number of urea groups is 1. The molecule has 2 aliphatic heterocycles. The van der Waals surface area contributed by atoms with Crippen LogP contribution in [0.5, 0.6) is 0 Å². The van der Waals surface area contributed by atoms with Crippen molar-refractivity contribution in [1.82, 2.24) is 5.32 Å². The lowest BCUT2D eigenvalue weighted by Crippen LogP contribution is -2.72. The van der Waals surface area contributed by atoms with Gasteiger partial charge in [-0.25, -0.2) is 9.69 Å². The molecule has 9 heteroatoms. The Morgan fingerprint density at radius 3 is 2.52 bits per heavy atom. The first-order valence-electron chi connectivity index (χ1n) is 10.1. The molecule has 1 saturated heterocycles. The summed E-state index contributed by atoms with van der Waals surface area (Å²) in [5.41, 5.74) is -0.0830. The number of nitrogens with one attached hydrogen (secondary N) is 1. The fourth-order valence-corrected chi connectivity index (χ4v) is 4.72. The zero-order valence-corrected chi connectivity index (χ0v) is 17.2. The van der Waals surface area contributed by atoms with E-state index in [9.17, 15) is 24.5 Å². The van der Waals surface area contributed by atoms with E-state index in [4.69, 9.17) is 0 Å². The highest BCUT2D eigenvalue weighted by Crippen LogP contribution is 2.46. The molecule has 2 unspecified atom stereocenters. The van der Waals surface area contributed by atoms with Gasteiger partial charge in [-0.1, -0.05) is 31.5 Å². The fourth-order valence-electron chi connectivity index (χ4n) is 4.72. The Labute approximate surface area is 178 Å². The minimum Gasteiger partial charge on any atom is -0.370 e. The molecular weight excluding hydrogens is 400 g/mol. The molecule has 2 aromatic rings. The van der Waals surface area contributed by atoms with E-state index in [0.717, 1.165) is 10.6 Å². The summed E-state index contributed by atoms with van der Waals surface area (Å²) in [5.74, 6) is -1.29. The summed E-state index contributed by atoms with van der Waals surface area (Å²) in [6.07, 6.45) is 1.21. The maximum Gasteiger partial charge on any atom is 0.335 e. The van der Waals surface area contributed by atoms with Gasteiger partial charge in [-0.05, 0) is 30.2 Å². The standard InChI is InChI=1S/C22H22N4O5/c1-3-7-18-22(13-14-12-16(26(30)31)10-11-17(14)24(18)2)19(27)23-21(29)25(20(22)28)15-8-5-4-6-9-15/h4-6,8-12,18H,3,7,13H2,1-2H3,(H,23,27,29). The molecule has 1 N–H and O–H groups in total. The second-order valence-corrected chi connectivity index (χ2v) is 7.87. The molecule has 0 aliphatic carbocycles. The minimum atomic E-state index is -1.59. The molecule has 4 amide bonds. The van der Waals surface area contributed by atoms with Crippen molar-refractivity contribution in [1.29, 1.82) is 0 Å². The second kappa shape index (κ2) is 7.50. The number of amides is 4. The topological polar surface area (TPSA) is 113 Å². The smallest absolute Gasteiger partial charge is 0.335 e. The van der Waals surface area contributed by atoms with E-state index in [1.165, 1.54) is 12.1 Å². The molecule has 2 heterocycles. The van der Waals surface area contributed by atoms with E-state index in [0.29, 0.717) is 24.1 Å². The Hall–Kier alpha value is -3.75. The number of nitro benzene ring substituents is 1. The van der Waals surface area contributed by atoms with Crippen LogP contribution in [-0.2, 0) is 16.0 Å². The molecular formula is C22H22N4O5. The third kappa shape index (κ3) is 3.04. The number of para-hydroxylation sites is 1. The van der Waals surface area contributed by atoms with Crippen molar-refractivity contribution in [2.24, 2.45) is 5.41 Å². The van der Waals surface area contributed by atoms with Crippen LogP contribution in [0.15, 0.2) is 48.5 Å². The summed E-state index contributed by atoms with van der Waals surface area (Å²) >= 11 is 0. The molecule has 31 heavy (non-hydrogen) atoms. The van der Waals surface area contributed by atoms with E-state index >= 15 is 0 Å². The number of carbonyl (C=O) groups is 3. The van der Waals surface area contributed by atoms with E-state index in [1.807, 2.05) is 11.8 Å². The zero-order valence-electron chi connectivity index (χ0n) is 17.2. The van der Waals surface area contributed by atoms with Crippen LogP contribution in [0.1, 0.15) is 25.3 Å². The van der Waals surface area contributed by atoms with Crippen molar-refractivity contribution in [2.75, 3.05) is 16.8 Å². The van der Waals surface area contributed by atoms with Gasteiger partial charge in [0.15, 0.2) is 5.41 Å². The van der Waals surface area contributed by atoms with Crippen LogP contribution in [-0.4, -0.2) is 35.9 Å².